The molecular formula is C21H23ClFN7. The quantitative estimate of drug-likeness (QED) is 0.519. The Bertz CT molecular complexity index is 1230. The number of aryl methyl sites for hydroxylation is 1. The molecule has 3 atom stereocenters. The van der Waals surface area contributed by atoms with Crippen LogP contribution in [0, 0.1) is 0 Å². The monoisotopic (exact) mass is 427 g/mol. The summed E-state index contributed by atoms with van der Waals surface area (Å²) in [6.07, 6.45) is 6.46. The van der Waals surface area contributed by atoms with Crippen LogP contribution in [0.1, 0.15) is 19.3 Å². The molecule has 156 valence electrons. The van der Waals surface area contributed by atoms with Gasteiger partial charge in [0.15, 0.2) is 5.65 Å². The molecule has 0 bridgehead atoms. The van der Waals surface area contributed by atoms with Crippen LogP contribution in [0.15, 0.2) is 30.7 Å². The number of fused-ring (bicyclic) bond motifs is 2. The number of benzene rings is 1. The predicted molar refractivity (Wildman–Crippen MR) is 118 cm³/mol. The maximum absolute atomic E-state index is 13.7. The van der Waals surface area contributed by atoms with E-state index in [-0.39, 0.29) is 6.04 Å². The van der Waals surface area contributed by atoms with Gasteiger partial charge in [-0.3, -0.25) is 4.68 Å². The van der Waals surface area contributed by atoms with E-state index in [0.29, 0.717) is 23.5 Å². The summed E-state index contributed by atoms with van der Waals surface area (Å²) in [7, 11) is 3.83. The second kappa shape index (κ2) is 7.21. The molecule has 0 saturated heterocycles. The van der Waals surface area contributed by atoms with E-state index in [4.69, 9.17) is 22.3 Å². The van der Waals surface area contributed by atoms with Crippen molar-refractivity contribution < 1.29 is 4.39 Å². The van der Waals surface area contributed by atoms with Gasteiger partial charge in [-0.15, -0.1) is 0 Å². The molecule has 3 heterocycles. The van der Waals surface area contributed by atoms with E-state index in [9.17, 15) is 4.39 Å². The van der Waals surface area contributed by atoms with Crippen LogP contribution < -0.4 is 10.6 Å². The van der Waals surface area contributed by atoms with Crippen LogP contribution >= 0.6 is 11.6 Å². The molecule has 0 amide bonds. The number of alkyl halides is 1. The molecule has 1 aliphatic carbocycles. The predicted octanol–water partition coefficient (Wildman–Crippen LogP) is 3.82. The Morgan fingerprint density at radius 2 is 2.13 bits per heavy atom. The summed E-state index contributed by atoms with van der Waals surface area (Å²) in [5.41, 5.74) is 9.99. The van der Waals surface area contributed by atoms with Crippen LogP contribution in [0.3, 0.4) is 0 Å². The number of hydrogen-bond acceptors (Lipinski definition) is 5. The number of anilines is 1. The van der Waals surface area contributed by atoms with Crippen molar-refractivity contribution in [1.82, 2.24) is 24.7 Å². The van der Waals surface area contributed by atoms with Gasteiger partial charge in [-0.05, 0) is 25.3 Å². The molecule has 0 spiro atoms. The third-order valence-corrected chi connectivity index (χ3v) is 6.50. The highest BCUT2D eigenvalue weighted by atomic mass is 35.5. The van der Waals surface area contributed by atoms with E-state index in [1.807, 2.05) is 43.5 Å². The lowest BCUT2D eigenvalue weighted by atomic mass is 9.89. The summed E-state index contributed by atoms with van der Waals surface area (Å²) < 4.78 is 15.5. The van der Waals surface area contributed by atoms with Crippen molar-refractivity contribution in [3.05, 3.63) is 35.7 Å². The molecule has 3 N–H and O–H groups in total. The molecule has 1 saturated carbocycles. The Hall–Kier alpha value is -2.71. The van der Waals surface area contributed by atoms with Gasteiger partial charge in [-0.2, -0.15) is 5.10 Å². The fourth-order valence-electron chi connectivity index (χ4n) is 4.33. The average Bonchev–Trinajstić information content (AvgIpc) is 3.33. The molecule has 0 radical (unpaired) electrons. The van der Waals surface area contributed by atoms with Crippen molar-refractivity contribution in [3.63, 3.8) is 0 Å². The zero-order valence-electron chi connectivity index (χ0n) is 16.8. The molecule has 9 heteroatoms. The standard InChI is InChI=1S/C21H23ClFN7/c1-29-10-14-17(28-29)6-4-12(19(14)22)13-8-26-21-20(13)25-9-18(27-21)30(2)11-3-5-15(23)16(24)7-11/h4,6,8-11,15-16H,3,5,7,24H2,1-2H3,(H,26,27)/t11-,15+,16-/m1/s1. The molecule has 1 aliphatic rings. The Labute approximate surface area is 178 Å². The van der Waals surface area contributed by atoms with E-state index >= 15 is 0 Å². The lowest BCUT2D eigenvalue weighted by molar-refractivity contribution is 0.201. The Morgan fingerprint density at radius 1 is 1.30 bits per heavy atom. The first-order chi connectivity index (χ1) is 14.4. The van der Waals surface area contributed by atoms with Gasteiger partial charge >= 0.3 is 0 Å². The number of nitrogens with zero attached hydrogens (tertiary/aromatic N) is 5. The minimum absolute atomic E-state index is 0.149. The van der Waals surface area contributed by atoms with Gasteiger partial charge in [0.05, 0.1) is 16.7 Å². The number of aromatic amines is 1. The number of hydrogen-bond donors (Lipinski definition) is 2. The van der Waals surface area contributed by atoms with Gasteiger partial charge in [-0.1, -0.05) is 17.7 Å². The summed E-state index contributed by atoms with van der Waals surface area (Å²) in [4.78, 5) is 14.7. The maximum Gasteiger partial charge on any atom is 0.159 e. The number of nitrogens with two attached hydrogens (primary N) is 1. The fraction of sp³-hybridized carbons (Fsp3) is 0.381. The largest absolute Gasteiger partial charge is 0.355 e. The van der Waals surface area contributed by atoms with Gasteiger partial charge in [0.1, 0.15) is 17.5 Å². The van der Waals surface area contributed by atoms with E-state index in [0.717, 1.165) is 39.8 Å². The van der Waals surface area contributed by atoms with Gasteiger partial charge in [0, 0.05) is 55.1 Å². The molecule has 3 aromatic heterocycles. The minimum Gasteiger partial charge on any atom is -0.355 e. The van der Waals surface area contributed by atoms with E-state index < -0.39 is 12.2 Å². The van der Waals surface area contributed by atoms with Crippen molar-refractivity contribution in [2.45, 2.75) is 37.5 Å². The Morgan fingerprint density at radius 3 is 2.93 bits per heavy atom. The number of H-pyrrole nitrogens is 1. The number of nitrogens with one attached hydrogen (secondary N) is 1. The fourth-order valence-corrected chi connectivity index (χ4v) is 4.64. The van der Waals surface area contributed by atoms with Crippen LogP contribution in [0.4, 0.5) is 10.2 Å². The first kappa shape index (κ1) is 19.3. The summed E-state index contributed by atoms with van der Waals surface area (Å²) in [5.74, 6) is 0.735. The maximum atomic E-state index is 13.7. The molecule has 0 unspecified atom stereocenters. The SMILES string of the molecule is CN(c1cnc2c(-c3ccc4nn(C)cc4c3Cl)c[nH]c2n1)[C@@H]1CC[C@H](F)[C@H](N)C1. The van der Waals surface area contributed by atoms with E-state index in [1.54, 1.807) is 10.9 Å². The number of halogens is 2. The summed E-state index contributed by atoms with van der Waals surface area (Å²) in [5, 5.41) is 5.94. The third-order valence-electron chi connectivity index (χ3n) is 6.09. The van der Waals surface area contributed by atoms with Gasteiger partial charge in [0.2, 0.25) is 0 Å². The molecule has 1 aromatic carbocycles. The Kier molecular flexibility index (Phi) is 4.63. The minimum atomic E-state index is -0.920. The van der Waals surface area contributed by atoms with Crippen LogP contribution in [-0.2, 0) is 7.05 Å². The molecule has 0 aliphatic heterocycles. The highest BCUT2D eigenvalue weighted by Crippen LogP contribution is 2.37. The second-order valence-electron chi connectivity index (χ2n) is 8.05. The van der Waals surface area contributed by atoms with Crippen molar-refractivity contribution in [3.8, 4) is 11.1 Å². The molecule has 4 aromatic rings. The molecule has 1 fully saturated rings. The smallest absolute Gasteiger partial charge is 0.159 e. The van der Waals surface area contributed by atoms with E-state index in [2.05, 4.69) is 15.1 Å². The van der Waals surface area contributed by atoms with Crippen molar-refractivity contribution in [2.24, 2.45) is 12.8 Å². The molecule has 5 rings (SSSR count). The number of aromatic nitrogens is 5. The third kappa shape index (κ3) is 3.11. The molecular weight excluding hydrogens is 405 g/mol. The van der Waals surface area contributed by atoms with Gasteiger partial charge in [0.25, 0.3) is 0 Å². The van der Waals surface area contributed by atoms with Gasteiger partial charge < -0.3 is 15.6 Å². The van der Waals surface area contributed by atoms with Crippen molar-refractivity contribution in [2.75, 3.05) is 11.9 Å². The summed E-state index contributed by atoms with van der Waals surface area (Å²) >= 11 is 6.69. The topological polar surface area (TPSA) is 88.7 Å². The normalized spacial score (nSPS) is 22.1. The summed E-state index contributed by atoms with van der Waals surface area (Å²) in [6.45, 7) is 0. The lowest BCUT2D eigenvalue weighted by Gasteiger charge is -2.36. The Balaban J connectivity index is 1.49. The first-order valence-corrected chi connectivity index (χ1v) is 10.4. The summed E-state index contributed by atoms with van der Waals surface area (Å²) in [6, 6.07) is 3.63. The van der Waals surface area contributed by atoms with Crippen molar-refractivity contribution in [1.29, 1.82) is 0 Å². The zero-order chi connectivity index (χ0) is 21.0. The highest BCUT2D eigenvalue weighted by molar-refractivity contribution is 6.38. The van der Waals surface area contributed by atoms with Crippen LogP contribution in [0.25, 0.3) is 33.2 Å². The lowest BCUT2D eigenvalue weighted by Crippen LogP contribution is -2.46. The van der Waals surface area contributed by atoms with Crippen LogP contribution in [0.2, 0.25) is 5.02 Å². The average molecular weight is 428 g/mol. The van der Waals surface area contributed by atoms with E-state index in [1.165, 1.54) is 0 Å². The zero-order valence-corrected chi connectivity index (χ0v) is 17.6. The second-order valence-corrected chi connectivity index (χ2v) is 8.43. The van der Waals surface area contributed by atoms with Crippen LogP contribution in [0.5, 0.6) is 0 Å². The first-order valence-electron chi connectivity index (χ1n) is 10.0. The highest BCUT2D eigenvalue weighted by Gasteiger charge is 2.30. The number of rotatable bonds is 3. The van der Waals surface area contributed by atoms with Crippen LogP contribution in [-0.4, -0.2) is 50.0 Å². The van der Waals surface area contributed by atoms with Crippen molar-refractivity contribution >= 4 is 39.5 Å². The molecule has 7 nitrogen and oxygen atoms in total. The molecule has 30 heavy (non-hydrogen) atoms. The van der Waals surface area contributed by atoms with Gasteiger partial charge in [-0.25, -0.2) is 14.4 Å².